The van der Waals surface area contributed by atoms with Crippen molar-refractivity contribution in [1.82, 2.24) is 9.97 Å². The number of furan rings is 1. The summed E-state index contributed by atoms with van der Waals surface area (Å²) in [6.45, 7) is 6.79. The van der Waals surface area contributed by atoms with E-state index in [1.165, 1.54) is 22.9 Å². The normalized spacial score (nSPS) is 14.1. The molecule has 5 heteroatoms. The zero-order chi connectivity index (χ0) is 33.6. The number of para-hydroxylation sites is 1. The molecule has 8 rings (SSSR count). The summed E-state index contributed by atoms with van der Waals surface area (Å²) in [5.74, 6) is 2.19. The summed E-state index contributed by atoms with van der Waals surface area (Å²) >= 11 is 0. The predicted molar refractivity (Wildman–Crippen MR) is 182 cm³/mol. The molecule has 1 aliphatic heterocycles. The van der Waals surface area contributed by atoms with Gasteiger partial charge in [-0.05, 0) is 47.9 Å². The third-order valence-electron chi connectivity index (χ3n) is 8.44. The second kappa shape index (κ2) is 12.7. The first-order valence-corrected chi connectivity index (χ1v) is 15.1. The molecule has 4 heterocycles. The fourth-order valence-electron chi connectivity index (χ4n) is 5.92. The summed E-state index contributed by atoms with van der Waals surface area (Å²) in [5.41, 5.74) is 8.70. The van der Waals surface area contributed by atoms with E-state index in [9.17, 15) is 0 Å². The Hall–Kier alpha value is -4.57. The van der Waals surface area contributed by atoms with Crippen molar-refractivity contribution >= 4 is 21.9 Å². The molecule has 231 valence electrons. The molecule has 0 unspecified atom stereocenters. The van der Waals surface area contributed by atoms with Gasteiger partial charge in [-0.15, -0.1) is 54.1 Å². The number of benzene rings is 4. The molecular weight excluding hydrogens is 745 g/mol. The third kappa shape index (κ3) is 5.77. The molecule has 0 atom stereocenters. The maximum Gasteiger partial charge on any atom is 0.135 e. The molecule has 4 nitrogen and oxygen atoms in total. The van der Waals surface area contributed by atoms with Crippen LogP contribution in [0.3, 0.4) is 0 Å². The van der Waals surface area contributed by atoms with Gasteiger partial charge in [0.1, 0.15) is 17.1 Å². The Morgan fingerprint density at radius 3 is 2.39 bits per heavy atom. The number of ether oxygens (including phenoxy) is 1. The van der Waals surface area contributed by atoms with Crippen LogP contribution in [-0.2, 0) is 25.5 Å². The van der Waals surface area contributed by atoms with Crippen LogP contribution < -0.4 is 4.74 Å². The van der Waals surface area contributed by atoms with E-state index in [2.05, 4.69) is 86.2 Å². The molecule has 0 saturated carbocycles. The van der Waals surface area contributed by atoms with Crippen LogP contribution in [0.1, 0.15) is 60.0 Å². The standard InChI is InChI=1S/C29H24NO2.C12H10N.Ir/c1-17(2)18-12-13-30-24(14-18)20-9-7-8-19-21-15-23-27(16-26(21)32-28(19)20)31-25-11-6-5-10-22(25)29(23,3)4;1-10-7-8-12(13-9-10)11-5-3-2-4-6-11;/h5-8,10-17H,1-4H3;2-5,7-9H,1H3;/q2*-1;/i;1D3;. The SMILES string of the molecule is CC(C)c1ccnc(-c2[c-]ccc3c2oc2cc4c(cc23)C(C)(C)c2ccccc2O4)c1.[2H]C([2H])([2H])c1ccc(-c2[c-]cccc2)nc1.[Ir]. The maximum absolute atomic E-state index is 7.23. The summed E-state index contributed by atoms with van der Waals surface area (Å²) in [5, 5.41) is 2.16. The van der Waals surface area contributed by atoms with Crippen molar-refractivity contribution in [2.75, 3.05) is 0 Å². The van der Waals surface area contributed by atoms with Crippen LogP contribution in [0.25, 0.3) is 44.5 Å². The smallest absolute Gasteiger partial charge is 0.135 e. The van der Waals surface area contributed by atoms with E-state index in [4.69, 9.17) is 13.3 Å². The van der Waals surface area contributed by atoms with E-state index in [1.54, 1.807) is 18.2 Å². The maximum atomic E-state index is 7.23. The van der Waals surface area contributed by atoms with E-state index >= 15 is 0 Å². The van der Waals surface area contributed by atoms with Crippen molar-refractivity contribution in [1.29, 1.82) is 0 Å². The summed E-state index contributed by atoms with van der Waals surface area (Å²) in [4.78, 5) is 8.75. The van der Waals surface area contributed by atoms with E-state index in [0.717, 1.165) is 56.0 Å². The van der Waals surface area contributed by atoms with Crippen LogP contribution in [0.2, 0.25) is 0 Å². The van der Waals surface area contributed by atoms with E-state index in [-0.39, 0.29) is 31.1 Å². The van der Waals surface area contributed by atoms with Gasteiger partial charge in [0.25, 0.3) is 0 Å². The van der Waals surface area contributed by atoms with Crippen LogP contribution >= 0.6 is 0 Å². The van der Waals surface area contributed by atoms with Crippen molar-refractivity contribution < 1.29 is 33.4 Å². The molecule has 7 aromatic rings. The Bertz CT molecular complexity index is 2260. The molecular formula is C41H34IrN2O2-2. The number of pyridine rings is 2. The Balaban J connectivity index is 0.000000208. The quantitative estimate of drug-likeness (QED) is 0.168. The van der Waals surface area contributed by atoms with Crippen LogP contribution in [0.5, 0.6) is 11.5 Å². The summed E-state index contributed by atoms with van der Waals surface area (Å²) in [6.07, 6.45) is 3.26. The van der Waals surface area contributed by atoms with Gasteiger partial charge in [0.15, 0.2) is 0 Å². The first kappa shape index (κ1) is 27.7. The third-order valence-corrected chi connectivity index (χ3v) is 8.44. The molecule has 4 aromatic carbocycles. The number of rotatable bonds is 3. The molecule has 0 aliphatic carbocycles. The summed E-state index contributed by atoms with van der Waals surface area (Å²) in [7, 11) is 0. The van der Waals surface area contributed by atoms with Crippen LogP contribution in [0.15, 0.2) is 114 Å². The summed E-state index contributed by atoms with van der Waals surface area (Å²) < 4.78 is 34.4. The second-order valence-electron chi connectivity index (χ2n) is 12.1. The monoisotopic (exact) mass is 782 g/mol. The zero-order valence-electron chi connectivity index (χ0n) is 29.0. The van der Waals surface area contributed by atoms with Gasteiger partial charge in [0, 0.05) is 64.6 Å². The van der Waals surface area contributed by atoms with Crippen LogP contribution in [-0.4, -0.2) is 9.97 Å². The Labute approximate surface area is 288 Å². The number of aromatic nitrogens is 2. The Kier molecular flexibility index (Phi) is 7.63. The van der Waals surface area contributed by atoms with Gasteiger partial charge in [-0.3, -0.25) is 0 Å². The molecule has 0 bridgehead atoms. The summed E-state index contributed by atoms with van der Waals surface area (Å²) in [6, 6.07) is 37.9. The minimum Gasteiger partial charge on any atom is -0.500 e. The average Bonchev–Trinajstić information content (AvgIpc) is 3.46. The minimum absolute atomic E-state index is 0. The molecule has 0 N–H and O–H groups in total. The molecule has 46 heavy (non-hydrogen) atoms. The molecule has 1 radical (unpaired) electrons. The van der Waals surface area contributed by atoms with Gasteiger partial charge >= 0.3 is 0 Å². The van der Waals surface area contributed by atoms with Crippen LogP contribution in [0, 0.1) is 19.0 Å². The first-order chi connectivity index (χ1) is 23.0. The van der Waals surface area contributed by atoms with Gasteiger partial charge in [0.05, 0.1) is 5.58 Å². The van der Waals surface area contributed by atoms with E-state index in [1.807, 2.05) is 48.7 Å². The second-order valence-corrected chi connectivity index (χ2v) is 12.1. The van der Waals surface area contributed by atoms with Crippen molar-refractivity contribution in [2.24, 2.45) is 0 Å². The van der Waals surface area contributed by atoms with E-state index in [0.29, 0.717) is 5.92 Å². The fourth-order valence-corrected chi connectivity index (χ4v) is 5.92. The predicted octanol–water partition coefficient (Wildman–Crippen LogP) is 10.9. The topological polar surface area (TPSA) is 48.2 Å². The number of nitrogens with zero attached hydrogens (tertiary/aromatic N) is 2. The van der Waals surface area contributed by atoms with Crippen molar-refractivity contribution in [3.05, 3.63) is 144 Å². The van der Waals surface area contributed by atoms with Crippen LogP contribution in [0.4, 0.5) is 0 Å². The molecule has 0 spiro atoms. The fraction of sp³-hybridized carbons (Fsp3) is 0.171. The number of fused-ring (bicyclic) bond motifs is 5. The first-order valence-electron chi connectivity index (χ1n) is 16.6. The largest absolute Gasteiger partial charge is 0.500 e. The molecule has 1 aliphatic rings. The molecule has 0 saturated heterocycles. The molecule has 3 aromatic heterocycles. The number of hydrogen-bond acceptors (Lipinski definition) is 4. The van der Waals surface area contributed by atoms with Crippen molar-refractivity contribution in [2.45, 2.75) is 45.9 Å². The van der Waals surface area contributed by atoms with Gasteiger partial charge in [-0.1, -0.05) is 80.6 Å². The van der Waals surface area contributed by atoms with Gasteiger partial charge < -0.3 is 19.1 Å². The van der Waals surface area contributed by atoms with E-state index < -0.39 is 6.85 Å². The van der Waals surface area contributed by atoms with Gasteiger partial charge in [-0.2, -0.15) is 0 Å². The molecule has 0 fully saturated rings. The Morgan fingerprint density at radius 2 is 1.63 bits per heavy atom. The molecule has 0 amide bonds. The number of aryl methyl sites for hydroxylation is 1. The minimum atomic E-state index is -2.09. The van der Waals surface area contributed by atoms with Crippen molar-refractivity contribution in [3.63, 3.8) is 0 Å². The zero-order valence-corrected chi connectivity index (χ0v) is 28.4. The Morgan fingerprint density at radius 1 is 0.783 bits per heavy atom. The average molecular weight is 782 g/mol. The number of hydrogen-bond donors (Lipinski definition) is 0. The van der Waals surface area contributed by atoms with Crippen molar-refractivity contribution in [3.8, 4) is 34.0 Å². The van der Waals surface area contributed by atoms with Gasteiger partial charge in [-0.25, -0.2) is 0 Å². The van der Waals surface area contributed by atoms with Gasteiger partial charge in [0.2, 0.25) is 0 Å².